The van der Waals surface area contributed by atoms with Crippen molar-refractivity contribution in [3.05, 3.63) is 111 Å². The number of benzene rings is 3. The third kappa shape index (κ3) is 3.75. The Morgan fingerprint density at radius 3 is 2.55 bits per heavy atom. The zero-order chi connectivity index (χ0) is 21.4. The van der Waals surface area contributed by atoms with E-state index in [9.17, 15) is 14.9 Å². The third-order valence-electron chi connectivity index (χ3n) is 5.20. The fraction of sp³-hybridized carbons (Fsp3) is 0.0833. The highest BCUT2D eigenvalue weighted by Crippen LogP contribution is 2.45. The van der Waals surface area contributed by atoms with E-state index in [1.54, 1.807) is 30.0 Å². The van der Waals surface area contributed by atoms with E-state index in [-0.39, 0.29) is 10.9 Å². The standard InChI is InChI=1S/C24H16N2O4S/c27-24-18(13-16-5-1-3-7-21(16)30-24)20-14-23(15-9-11-17(12-10-15)26(28)29)31-22-8-4-2-6-19(22)25-20/h1-13,23H,14H2. The zero-order valence-electron chi connectivity index (χ0n) is 16.2. The second kappa shape index (κ2) is 7.85. The van der Waals surface area contributed by atoms with Gasteiger partial charge in [-0.3, -0.25) is 15.1 Å². The lowest BCUT2D eigenvalue weighted by Crippen LogP contribution is -2.16. The van der Waals surface area contributed by atoms with Crippen molar-refractivity contribution < 1.29 is 9.34 Å². The molecule has 0 N–H and O–H groups in total. The minimum absolute atomic E-state index is 0.0480. The van der Waals surface area contributed by atoms with Crippen LogP contribution in [0.3, 0.4) is 0 Å². The molecule has 31 heavy (non-hydrogen) atoms. The van der Waals surface area contributed by atoms with Crippen LogP contribution in [-0.2, 0) is 0 Å². The van der Waals surface area contributed by atoms with Crippen LogP contribution < -0.4 is 5.63 Å². The van der Waals surface area contributed by atoms with Crippen LogP contribution in [0, 0.1) is 10.1 Å². The van der Waals surface area contributed by atoms with Crippen LogP contribution in [0.15, 0.2) is 98.0 Å². The summed E-state index contributed by atoms with van der Waals surface area (Å²) in [5, 5.41) is 11.8. The summed E-state index contributed by atoms with van der Waals surface area (Å²) in [5.41, 5.74) is 2.95. The maximum absolute atomic E-state index is 12.8. The number of aliphatic imine (C=N–C) groups is 1. The van der Waals surface area contributed by atoms with E-state index < -0.39 is 10.5 Å². The molecule has 3 aromatic carbocycles. The maximum atomic E-state index is 12.8. The molecule has 0 aliphatic carbocycles. The highest BCUT2D eigenvalue weighted by molar-refractivity contribution is 7.99. The molecule has 1 aliphatic heterocycles. The monoisotopic (exact) mass is 428 g/mol. The van der Waals surface area contributed by atoms with E-state index in [4.69, 9.17) is 9.41 Å². The molecule has 7 heteroatoms. The van der Waals surface area contributed by atoms with Crippen LogP contribution in [0.4, 0.5) is 11.4 Å². The summed E-state index contributed by atoms with van der Waals surface area (Å²) in [7, 11) is 0. The number of non-ortho nitro benzene ring substituents is 1. The topological polar surface area (TPSA) is 85.7 Å². The Kier molecular flexibility index (Phi) is 4.88. The number of hydrogen-bond acceptors (Lipinski definition) is 6. The fourth-order valence-corrected chi connectivity index (χ4v) is 4.87. The average Bonchev–Trinajstić information content (AvgIpc) is 2.98. The number of hydrogen-bond donors (Lipinski definition) is 0. The van der Waals surface area contributed by atoms with Gasteiger partial charge in [0, 0.05) is 34.1 Å². The summed E-state index contributed by atoms with van der Waals surface area (Å²) in [4.78, 5) is 29.2. The zero-order valence-corrected chi connectivity index (χ0v) is 17.0. The van der Waals surface area contributed by atoms with Crippen molar-refractivity contribution in [2.45, 2.75) is 16.6 Å². The van der Waals surface area contributed by atoms with Crippen molar-refractivity contribution in [2.24, 2.45) is 4.99 Å². The summed E-state index contributed by atoms with van der Waals surface area (Å²) in [6.45, 7) is 0. The van der Waals surface area contributed by atoms with Crippen LogP contribution in [0.5, 0.6) is 0 Å². The first kappa shape index (κ1) is 19.3. The molecule has 4 aromatic rings. The van der Waals surface area contributed by atoms with Gasteiger partial charge in [-0.25, -0.2) is 4.79 Å². The summed E-state index contributed by atoms with van der Waals surface area (Å²) < 4.78 is 5.54. The van der Waals surface area contributed by atoms with Gasteiger partial charge in [0.15, 0.2) is 0 Å². The Labute approximate surface area is 181 Å². The predicted octanol–water partition coefficient (Wildman–Crippen LogP) is 6.06. The number of thioether (sulfide) groups is 1. The second-order valence-corrected chi connectivity index (χ2v) is 8.42. The minimum Gasteiger partial charge on any atom is -0.422 e. The van der Waals surface area contributed by atoms with E-state index in [1.165, 1.54) is 12.1 Å². The van der Waals surface area contributed by atoms with Gasteiger partial charge in [0.2, 0.25) is 0 Å². The molecule has 6 nitrogen and oxygen atoms in total. The van der Waals surface area contributed by atoms with Crippen LogP contribution in [0.1, 0.15) is 22.8 Å². The summed E-state index contributed by atoms with van der Waals surface area (Å²) in [5.74, 6) is 0. The molecule has 5 rings (SSSR count). The average molecular weight is 428 g/mol. The third-order valence-corrected chi connectivity index (χ3v) is 6.52. The Morgan fingerprint density at radius 1 is 1.00 bits per heavy atom. The first-order chi connectivity index (χ1) is 15.1. The summed E-state index contributed by atoms with van der Waals surface area (Å²) >= 11 is 1.64. The van der Waals surface area contributed by atoms with Crippen molar-refractivity contribution in [1.82, 2.24) is 0 Å². The number of rotatable bonds is 3. The van der Waals surface area contributed by atoms with Crippen LogP contribution >= 0.6 is 11.8 Å². The van der Waals surface area contributed by atoms with Gasteiger partial charge in [0.1, 0.15) is 5.58 Å². The SMILES string of the molecule is O=c1oc2ccccc2cc1C1=Nc2ccccc2SC(c2ccc([N+](=O)[O-])cc2)C1. The number of nitro groups is 1. The molecular formula is C24H16N2O4S. The number of fused-ring (bicyclic) bond motifs is 2. The van der Waals surface area contributed by atoms with Crippen molar-refractivity contribution in [3.8, 4) is 0 Å². The Hall–Kier alpha value is -3.71. The lowest BCUT2D eigenvalue weighted by molar-refractivity contribution is -0.384. The van der Waals surface area contributed by atoms with Gasteiger partial charge >= 0.3 is 5.63 Å². The Morgan fingerprint density at radius 2 is 1.74 bits per heavy atom. The molecular weight excluding hydrogens is 412 g/mol. The van der Waals surface area contributed by atoms with E-state index in [1.807, 2.05) is 48.5 Å². The van der Waals surface area contributed by atoms with Gasteiger partial charge < -0.3 is 4.42 Å². The van der Waals surface area contributed by atoms with E-state index in [0.29, 0.717) is 23.3 Å². The molecule has 0 radical (unpaired) electrons. The van der Waals surface area contributed by atoms with Crippen LogP contribution in [0.2, 0.25) is 0 Å². The normalized spacial score (nSPS) is 15.7. The van der Waals surface area contributed by atoms with Gasteiger partial charge in [-0.1, -0.05) is 42.5 Å². The molecule has 0 spiro atoms. The maximum Gasteiger partial charge on any atom is 0.345 e. The van der Waals surface area contributed by atoms with Crippen molar-refractivity contribution in [1.29, 1.82) is 0 Å². The van der Waals surface area contributed by atoms with E-state index >= 15 is 0 Å². The molecule has 1 aromatic heterocycles. The largest absolute Gasteiger partial charge is 0.422 e. The Bertz CT molecular complexity index is 1390. The van der Waals surface area contributed by atoms with Crippen LogP contribution in [0.25, 0.3) is 11.0 Å². The first-order valence-corrected chi connectivity index (χ1v) is 10.6. The van der Waals surface area contributed by atoms with Gasteiger partial charge in [0.25, 0.3) is 5.69 Å². The lowest BCUT2D eigenvalue weighted by atomic mass is 10.0. The first-order valence-electron chi connectivity index (χ1n) is 9.69. The summed E-state index contributed by atoms with van der Waals surface area (Å²) in [6.07, 6.45) is 0.486. The number of nitrogens with zero attached hydrogens (tertiary/aromatic N) is 2. The molecule has 1 unspecified atom stereocenters. The molecule has 0 bridgehead atoms. The molecule has 0 amide bonds. The number of para-hydroxylation sites is 2. The molecule has 2 heterocycles. The molecule has 152 valence electrons. The molecule has 0 fully saturated rings. The van der Waals surface area contributed by atoms with Crippen molar-refractivity contribution in [3.63, 3.8) is 0 Å². The molecule has 0 saturated heterocycles. The highest BCUT2D eigenvalue weighted by atomic mass is 32.2. The number of nitro benzene ring substituents is 1. The predicted molar refractivity (Wildman–Crippen MR) is 121 cm³/mol. The van der Waals surface area contributed by atoms with Gasteiger partial charge in [-0.15, -0.1) is 11.8 Å². The quantitative estimate of drug-likeness (QED) is 0.225. The smallest absolute Gasteiger partial charge is 0.345 e. The van der Waals surface area contributed by atoms with E-state index in [0.717, 1.165) is 21.5 Å². The highest BCUT2D eigenvalue weighted by Gasteiger charge is 2.25. The van der Waals surface area contributed by atoms with Crippen LogP contribution in [-0.4, -0.2) is 10.6 Å². The van der Waals surface area contributed by atoms with Crippen molar-refractivity contribution in [2.75, 3.05) is 0 Å². The van der Waals surface area contributed by atoms with Gasteiger partial charge in [-0.05, 0) is 29.8 Å². The van der Waals surface area contributed by atoms with E-state index in [2.05, 4.69) is 0 Å². The Balaban J connectivity index is 1.63. The van der Waals surface area contributed by atoms with Gasteiger partial charge in [-0.2, -0.15) is 0 Å². The molecule has 0 saturated carbocycles. The summed E-state index contributed by atoms with van der Waals surface area (Å²) in [6, 6.07) is 23.5. The molecule has 1 atom stereocenters. The van der Waals surface area contributed by atoms with Gasteiger partial charge in [0.05, 0.1) is 21.9 Å². The van der Waals surface area contributed by atoms with Crippen molar-refractivity contribution >= 4 is 39.8 Å². The second-order valence-electron chi connectivity index (χ2n) is 7.17. The minimum atomic E-state index is -0.427. The molecule has 1 aliphatic rings. The lowest BCUT2D eigenvalue weighted by Gasteiger charge is -2.16. The fourth-order valence-electron chi connectivity index (χ4n) is 3.64.